The van der Waals surface area contributed by atoms with Gasteiger partial charge in [0.15, 0.2) is 80.8 Å². The highest BCUT2D eigenvalue weighted by Gasteiger charge is 2.47. The van der Waals surface area contributed by atoms with E-state index in [2.05, 4.69) is 52.7 Å². The van der Waals surface area contributed by atoms with Crippen LogP contribution in [0.15, 0.2) is 49.1 Å². The topological polar surface area (TPSA) is 343 Å². The summed E-state index contributed by atoms with van der Waals surface area (Å²) in [6.45, 7) is 5.96. The lowest BCUT2D eigenvalue weighted by atomic mass is 9.89. The maximum Gasteiger partial charge on any atom is 0.338 e. The third-order valence-corrected chi connectivity index (χ3v) is 18.6. The molecule has 0 unspecified atom stereocenters. The van der Waals surface area contributed by atoms with Crippen LogP contribution >= 0.6 is 24.8 Å². The number of hydrogen-bond acceptors (Lipinski definition) is 27. The number of esters is 2. The fourth-order valence-corrected chi connectivity index (χ4v) is 12.3. The van der Waals surface area contributed by atoms with Crippen molar-refractivity contribution >= 4 is 66.1 Å². The summed E-state index contributed by atoms with van der Waals surface area (Å²) in [4.78, 5) is 75.6. The Morgan fingerprint density at radius 3 is 1.24 bits per heavy atom. The van der Waals surface area contributed by atoms with E-state index >= 15 is 0 Å². The van der Waals surface area contributed by atoms with Crippen LogP contribution in [0.2, 0.25) is 0 Å². The standard InChI is InChI=1S/C22H23F2N5O4.C13H15F3N2O3.C13H16F2N2O4.C9H9N3O.C8H15NO3.C5HF4N.2ClH/c1-31-20-17(24)9-16(23)19(27-20)28-5-3-22(32-2,4-6-28)21(30)29-7-8-33-18-14(10-25)11-26-12-15(18)13-29;1-20-12(19)13(21-2)3-5-18(6-4-13)11-9(15)7-8(14)10(16)17-11;1-20-11-9(15)7-8(14)10(16-11)17-5-3-13(21-2,4-6-17)12(18)19;10-3-7-4-12-6-8-5-11-1-2-13-9(7)8;1-11-7(10)8(12-2)3-5-9-6-4-8;6-2-1-3(7)5(9)10-4(2)8;;/h9,11-12H,3-8,13H2,1-2H3;7H,3-6H2,1-2H3;7H,3-6H2,1-2H3,(H,18,19);4,6,11H,1-2,5H2;9H,3-6H2,1-2H3;1H;2*1H. The average Bonchev–Trinajstić information content (AvgIpc) is 1.22. The minimum absolute atomic E-state index is 0. The third-order valence-electron chi connectivity index (χ3n) is 18.6. The molecule has 42 heteroatoms. The number of nitrogens with one attached hydrogen (secondary N) is 2. The molecule has 0 aliphatic carbocycles. The predicted molar refractivity (Wildman–Crippen MR) is 377 cm³/mol. The number of halogens is 13. The minimum Gasteiger partial charge on any atom is -0.490 e. The molecule has 6 aliphatic heterocycles. The van der Waals surface area contributed by atoms with Gasteiger partial charge in [-0.3, -0.25) is 14.8 Å². The molecule has 0 aromatic carbocycles. The Bertz CT molecular complexity index is 4240. The summed E-state index contributed by atoms with van der Waals surface area (Å²) < 4.78 is 194. The first kappa shape index (κ1) is 92.5. The van der Waals surface area contributed by atoms with Gasteiger partial charge in [-0.15, -0.1) is 24.8 Å². The van der Waals surface area contributed by atoms with Crippen molar-refractivity contribution in [1.29, 1.82) is 10.5 Å². The van der Waals surface area contributed by atoms with E-state index in [1.807, 2.05) is 0 Å². The van der Waals surface area contributed by atoms with Gasteiger partial charge in [0.25, 0.3) is 35.5 Å². The molecular formula is C70H81Cl2F11N14O15. The van der Waals surface area contributed by atoms with Crippen molar-refractivity contribution in [2.24, 2.45) is 0 Å². The Balaban J connectivity index is 0.000000251. The second kappa shape index (κ2) is 42.5. The van der Waals surface area contributed by atoms with Crippen molar-refractivity contribution < 1.29 is 120 Å². The summed E-state index contributed by atoms with van der Waals surface area (Å²) in [6.07, 6.45) is 9.05. The minimum atomic E-state index is -1.64. The number of fused-ring (bicyclic) bond motifs is 2. The van der Waals surface area contributed by atoms with Crippen LogP contribution in [-0.4, -0.2) is 222 Å². The molecule has 0 radical (unpaired) electrons. The molecule has 29 nitrogen and oxygen atoms in total. The lowest BCUT2D eigenvalue weighted by Crippen LogP contribution is -2.56. The number of hydrogen-bond donors (Lipinski definition) is 3. The zero-order chi connectivity index (χ0) is 80.7. The van der Waals surface area contributed by atoms with E-state index in [9.17, 15) is 77.8 Å². The van der Waals surface area contributed by atoms with E-state index in [1.165, 1.54) is 67.1 Å². The number of aliphatic carboxylic acids is 1. The number of piperidine rings is 4. The molecular weight excluding hydrogens is 1560 g/mol. The summed E-state index contributed by atoms with van der Waals surface area (Å²) in [5.74, 6) is -15.2. The van der Waals surface area contributed by atoms with Crippen LogP contribution in [0.25, 0.3) is 0 Å². The van der Waals surface area contributed by atoms with Crippen LogP contribution in [-0.2, 0) is 60.7 Å². The van der Waals surface area contributed by atoms with Gasteiger partial charge in [-0.05, 0) is 25.9 Å². The third kappa shape index (κ3) is 22.2. The number of amides is 1. The molecule has 1 amide bonds. The van der Waals surface area contributed by atoms with E-state index < -0.39 is 98.7 Å². The van der Waals surface area contributed by atoms with Gasteiger partial charge in [0, 0.05) is 180 Å². The van der Waals surface area contributed by atoms with Crippen molar-refractivity contribution in [2.45, 2.75) is 86.9 Å². The summed E-state index contributed by atoms with van der Waals surface area (Å²) in [5.41, 5.74) is -1.73. The number of rotatable bonds is 13. The van der Waals surface area contributed by atoms with Gasteiger partial charge < -0.3 is 82.7 Å². The number of carboxylic acids is 1. The van der Waals surface area contributed by atoms with E-state index in [1.54, 1.807) is 34.2 Å². The number of pyridine rings is 6. The first-order valence-corrected chi connectivity index (χ1v) is 33.6. The Morgan fingerprint density at radius 1 is 0.455 bits per heavy atom. The summed E-state index contributed by atoms with van der Waals surface area (Å²) >= 11 is 0. The number of carboxylic acid groups (broad SMARTS) is 1. The number of methoxy groups -OCH3 is 8. The Hall–Kier alpha value is -10.1. The molecule has 6 aromatic rings. The zero-order valence-electron chi connectivity index (χ0n) is 61.7. The zero-order valence-corrected chi connectivity index (χ0v) is 63.3. The smallest absolute Gasteiger partial charge is 0.338 e. The molecule has 0 atom stereocenters. The second-order valence-corrected chi connectivity index (χ2v) is 24.6. The van der Waals surface area contributed by atoms with Crippen molar-refractivity contribution in [3.63, 3.8) is 0 Å². The molecule has 6 aromatic heterocycles. The molecule has 3 N–H and O–H groups in total. The molecule has 0 saturated carbocycles. The van der Waals surface area contributed by atoms with Gasteiger partial charge in [0.2, 0.25) is 0 Å². The van der Waals surface area contributed by atoms with Gasteiger partial charge in [0.05, 0.1) is 41.5 Å². The van der Waals surface area contributed by atoms with Crippen LogP contribution < -0.4 is 44.3 Å². The fourth-order valence-electron chi connectivity index (χ4n) is 12.3. The highest BCUT2D eigenvalue weighted by molar-refractivity contribution is 5.86. The van der Waals surface area contributed by atoms with E-state index in [4.69, 9.17) is 52.6 Å². The Kier molecular flexibility index (Phi) is 35.1. The van der Waals surface area contributed by atoms with Crippen molar-refractivity contribution in [1.82, 2.24) is 45.4 Å². The molecule has 6 aliphatic rings. The van der Waals surface area contributed by atoms with Gasteiger partial charge in [-0.2, -0.15) is 43.6 Å². The molecule has 12 heterocycles. The molecule has 612 valence electrons. The van der Waals surface area contributed by atoms with Gasteiger partial charge in [-0.25, -0.2) is 49.5 Å². The van der Waals surface area contributed by atoms with Crippen LogP contribution in [0, 0.1) is 87.0 Å². The SMILES string of the molecule is COC(=O)C1(OC)CCN(c2nc(F)c(F)cc2F)CC1.COC(=O)C1(OC)CCNCC1.COc1nc(N2CCC(OC)(C(=O)N3CCOc4c(C#N)cncc4C3)CC2)c(F)cc1F.COc1nc(N2CCC(OC)(C(=O)O)CC2)c(F)cc1F.Cl.Cl.Fc1cc(F)c(F)nc1F.N#Cc1cncc2c1OCCNC2. The number of nitrogens with zero attached hydrogens (tertiary/aromatic N) is 12. The first-order valence-electron chi connectivity index (χ1n) is 33.6. The number of carbonyl (C=O) groups excluding carboxylic acids is 3. The number of carbonyl (C=O) groups is 4. The largest absolute Gasteiger partial charge is 0.490 e. The van der Waals surface area contributed by atoms with Crippen LogP contribution in [0.3, 0.4) is 0 Å². The van der Waals surface area contributed by atoms with E-state index in [0.29, 0.717) is 66.3 Å². The highest BCUT2D eigenvalue weighted by Crippen LogP contribution is 2.37. The molecule has 12 rings (SSSR count). The van der Waals surface area contributed by atoms with Gasteiger partial charge in [-0.1, -0.05) is 0 Å². The average molecular weight is 1640 g/mol. The lowest BCUT2D eigenvalue weighted by Gasteiger charge is -2.42. The number of ether oxygens (including phenoxy) is 10. The summed E-state index contributed by atoms with van der Waals surface area (Å²) in [7, 11) is 10.9. The van der Waals surface area contributed by atoms with Crippen molar-refractivity contribution in [3.05, 3.63) is 136 Å². The second-order valence-electron chi connectivity index (χ2n) is 24.6. The van der Waals surface area contributed by atoms with Gasteiger partial charge >= 0.3 is 17.9 Å². The summed E-state index contributed by atoms with van der Waals surface area (Å²) in [6, 6.07) is 6.12. The Labute approximate surface area is 647 Å². The monoisotopic (exact) mass is 1640 g/mol. The lowest BCUT2D eigenvalue weighted by molar-refractivity contribution is -0.169. The van der Waals surface area contributed by atoms with Crippen LogP contribution in [0.1, 0.15) is 73.6 Å². The van der Waals surface area contributed by atoms with Crippen molar-refractivity contribution in [3.8, 4) is 35.4 Å². The van der Waals surface area contributed by atoms with Crippen LogP contribution in [0.4, 0.5) is 65.7 Å². The quantitative estimate of drug-likeness (QED) is 0.0560. The van der Waals surface area contributed by atoms with Crippen molar-refractivity contribution in [2.75, 3.05) is 150 Å². The number of aromatic nitrogens is 6. The molecule has 4 saturated heterocycles. The highest BCUT2D eigenvalue weighted by atomic mass is 35.5. The van der Waals surface area contributed by atoms with Crippen LogP contribution in [0.5, 0.6) is 23.3 Å². The normalized spacial score (nSPS) is 16.7. The van der Waals surface area contributed by atoms with E-state index in [0.717, 1.165) is 37.8 Å². The first-order chi connectivity index (χ1) is 52.6. The fraction of sp³-hybridized carbons (Fsp3) is 0.486. The maximum atomic E-state index is 14.4. The van der Waals surface area contributed by atoms with E-state index in [-0.39, 0.29) is 163 Å². The number of anilines is 3. The summed E-state index contributed by atoms with van der Waals surface area (Å²) in [5, 5.41) is 33.7. The molecule has 0 bridgehead atoms. The number of nitriles is 2. The maximum absolute atomic E-state index is 14.4. The molecule has 112 heavy (non-hydrogen) atoms. The molecule has 0 spiro atoms. The van der Waals surface area contributed by atoms with Gasteiger partial charge in [0.1, 0.15) is 53.6 Å². The predicted octanol–water partition coefficient (Wildman–Crippen LogP) is 7.98. The Morgan fingerprint density at radius 2 is 0.830 bits per heavy atom. The molecule has 4 fully saturated rings.